The summed E-state index contributed by atoms with van der Waals surface area (Å²) in [7, 11) is 2.35. The predicted octanol–water partition coefficient (Wildman–Crippen LogP) is 3.64. The highest BCUT2D eigenvalue weighted by atomic mass is 15.3. The summed E-state index contributed by atoms with van der Waals surface area (Å²) < 4.78 is 1.17. The Kier molecular flexibility index (Phi) is 6.34. The third kappa shape index (κ3) is 5.04. The van der Waals surface area contributed by atoms with Gasteiger partial charge < -0.3 is 15.5 Å². The van der Waals surface area contributed by atoms with Gasteiger partial charge in [0.15, 0.2) is 0 Å². The molecule has 20 heavy (non-hydrogen) atoms. The summed E-state index contributed by atoms with van der Waals surface area (Å²) in [6.07, 6.45) is 2.47. The van der Waals surface area contributed by atoms with Gasteiger partial charge in [-0.1, -0.05) is 0 Å². The predicted molar refractivity (Wildman–Crippen MR) is 90.0 cm³/mol. The van der Waals surface area contributed by atoms with Gasteiger partial charge in [0.1, 0.15) is 0 Å². The number of quaternary nitrogens is 1. The van der Waals surface area contributed by atoms with Gasteiger partial charge in [-0.15, -0.1) is 0 Å². The minimum absolute atomic E-state index is 0.500. The number of aryl methyl sites for hydroxylation is 1. The van der Waals surface area contributed by atoms with E-state index in [0.29, 0.717) is 6.04 Å². The van der Waals surface area contributed by atoms with Crippen LogP contribution in [0.4, 0.5) is 11.4 Å². The Morgan fingerprint density at radius 3 is 2.45 bits per heavy atom. The summed E-state index contributed by atoms with van der Waals surface area (Å²) in [5, 5.41) is 3.60. The molecule has 1 aromatic rings. The molecule has 3 nitrogen and oxygen atoms in total. The Morgan fingerprint density at radius 1 is 1.25 bits per heavy atom. The number of nitrogens with two attached hydrogens (primary N) is 1. The molecule has 1 unspecified atom stereocenters. The van der Waals surface area contributed by atoms with Crippen molar-refractivity contribution in [3.05, 3.63) is 23.8 Å². The van der Waals surface area contributed by atoms with E-state index in [1.165, 1.54) is 48.2 Å². The van der Waals surface area contributed by atoms with Gasteiger partial charge in [-0.2, -0.15) is 0 Å². The fraction of sp³-hybridized carbons (Fsp3) is 0.647. The number of rotatable bonds is 8. The van der Waals surface area contributed by atoms with Crippen molar-refractivity contribution in [3.63, 3.8) is 0 Å². The highest BCUT2D eigenvalue weighted by Crippen LogP contribution is 2.19. The second-order valence-electron chi connectivity index (χ2n) is 6.24. The maximum Gasteiger partial charge on any atom is 0.0785 e. The number of hydrogen-bond donors (Lipinski definition) is 2. The first-order valence-electron chi connectivity index (χ1n) is 7.86. The molecule has 0 saturated heterocycles. The topological polar surface area (TPSA) is 38.0 Å². The SMILES string of the molecule is CC[N+](C)(CC)CCCC(C)Nc1ccc(N)cc1C. The van der Waals surface area contributed by atoms with Gasteiger partial charge in [0.25, 0.3) is 0 Å². The highest BCUT2D eigenvalue weighted by Gasteiger charge is 2.16. The first-order chi connectivity index (χ1) is 9.40. The van der Waals surface area contributed by atoms with E-state index in [-0.39, 0.29) is 0 Å². The molecule has 3 N–H and O–H groups in total. The average Bonchev–Trinajstić information content (AvgIpc) is 2.42. The minimum Gasteiger partial charge on any atom is -0.399 e. The zero-order valence-corrected chi connectivity index (χ0v) is 13.9. The van der Waals surface area contributed by atoms with Crippen LogP contribution in [0.1, 0.15) is 39.2 Å². The first-order valence-corrected chi connectivity index (χ1v) is 7.86. The van der Waals surface area contributed by atoms with Crippen LogP contribution in [0.3, 0.4) is 0 Å². The van der Waals surface area contributed by atoms with Crippen LogP contribution in [-0.4, -0.2) is 37.2 Å². The zero-order valence-electron chi connectivity index (χ0n) is 13.9. The standard InChI is InChI=1S/C17H32N3/c1-6-20(5,7-2)12-8-9-15(4)19-17-11-10-16(18)13-14(17)3/h10-11,13,15,19H,6-9,12,18H2,1-5H3/q+1. The van der Waals surface area contributed by atoms with Crippen LogP contribution in [-0.2, 0) is 0 Å². The van der Waals surface area contributed by atoms with E-state index >= 15 is 0 Å². The number of nitrogen functional groups attached to an aromatic ring is 1. The summed E-state index contributed by atoms with van der Waals surface area (Å²) >= 11 is 0. The van der Waals surface area contributed by atoms with Crippen LogP contribution in [0, 0.1) is 6.92 Å². The molecule has 1 atom stereocenters. The fourth-order valence-corrected chi connectivity index (χ4v) is 2.51. The average molecular weight is 278 g/mol. The van der Waals surface area contributed by atoms with Gasteiger partial charge in [-0.05, 0) is 64.3 Å². The maximum absolute atomic E-state index is 5.79. The molecule has 0 bridgehead atoms. The van der Waals surface area contributed by atoms with Gasteiger partial charge in [0, 0.05) is 17.4 Å². The number of nitrogens with one attached hydrogen (secondary N) is 1. The fourth-order valence-electron chi connectivity index (χ4n) is 2.51. The third-order valence-electron chi connectivity index (χ3n) is 4.51. The molecule has 0 aliphatic heterocycles. The van der Waals surface area contributed by atoms with Crippen molar-refractivity contribution in [2.75, 3.05) is 37.7 Å². The summed E-state index contributed by atoms with van der Waals surface area (Å²) in [5.41, 5.74) is 9.05. The van der Waals surface area contributed by atoms with Crippen molar-refractivity contribution < 1.29 is 4.48 Å². The monoisotopic (exact) mass is 278 g/mol. The number of hydrogen-bond acceptors (Lipinski definition) is 2. The Balaban J connectivity index is 2.42. The quantitative estimate of drug-likeness (QED) is 0.563. The van der Waals surface area contributed by atoms with Crippen molar-refractivity contribution >= 4 is 11.4 Å². The smallest absolute Gasteiger partial charge is 0.0785 e. The molecule has 0 aromatic heterocycles. The third-order valence-corrected chi connectivity index (χ3v) is 4.51. The van der Waals surface area contributed by atoms with E-state index in [0.717, 1.165) is 5.69 Å². The normalized spacial score (nSPS) is 13.2. The molecule has 0 spiro atoms. The van der Waals surface area contributed by atoms with Crippen LogP contribution in [0.25, 0.3) is 0 Å². The van der Waals surface area contributed by atoms with Crippen LogP contribution in [0.5, 0.6) is 0 Å². The van der Waals surface area contributed by atoms with E-state index in [1.807, 2.05) is 12.1 Å². The van der Waals surface area contributed by atoms with Crippen LogP contribution in [0.15, 0.2) is 18.2 Å². The lowest BCUT2D eigenvalue weighted by atomic mass is 10.1. The van der Waals surface area contributed by atoms with Gasteiger partial charge in [-0.25, -0.2) is 0 Å². The second kappa shape index (κ2) is 7.53. The van der Waals surface area contributed by atoms with Crippen molar-refractivity contribution in [1.29, 1.82) is 0 Å². The van der Waals surface area contributed by atoms with Crippen molar-refractivity contribution in [1.82, 2.24) is 0 Å². The summed E-state index contributed by atoms with van der Waals surface area (Å²) in [6, 6.07) is 6.57. The summed E-state index contributed by atoms with van der Waals surface area (Å²) in [6.45, 7) is 12.6. The van der Waals surface area contributed by atoms with E-state index in [2.05, 4.69) is 46.1 Å². The number of benzene rings is 1. The van der Waals surface area contributed by atoms with E-state index in [1.54, 1.807) is 0 Å². The molecule has 0 saturated carbocycles. The molecule has 0 fully saturated rings. The van der Waals surface area contributed by atoms with Crippen molar-refractivity contribution in [2.24, 2.45) is 0 Å². The van der Waals surface area contributed by atoms with Crippen LogP contribution in [0.2, 0.25) is 0 Å². The lowest BCUT2D eigenvalue weighted by Gasteiger charge is -2.32. The largest absolute Gasteiger partial charge is 0.399 e. The lowest BCUT2D eigenvalue weighted by molar-refractivity contribution is -0.906. The first kappa shape index (κ1) is 16.8. The van der Waals surface area contributed by atoms with E-state index < -0.39 is 0 Å². The molecular formula is C17H32N3+. The van der Waals surface area contributed by atoms with Gasteiger partial charge in [0.05, 0.1) is 26.7 Å². The van der Waals surface area contributed by atoms with Crippen molar-refractivity contribution in [3.8, 4) is 0 Å². The summed E-state index contributed by atoms with van der Waals surface area (Å²) in [4.78, 5) is 0. The Bertz CT molecular complexity index is 411. The van der Waals surface area contributed by atoms with Gasteiger partial charge in [0.2, 0.25) is 0 Å². The number of nitrogens with zero attached hydrogens (tertiary/aromatic N) is 1. The van der Waals surface area contributed by atoms with E-state index in [4.69, 9.17) is 5.73 Å². The molecule has 0 aliphatic rings. The maximum atomic E-state index is 5.79. The molecular weight excluding hydrogens is 246 g/mol. The molecule has 1 aromatic carbocycles. The van der Waals surface area contributed by atoms with Crippen molar-refractivity contribution in [2.45, 2.75) is 46.6 Å². The second-order valence-corrected chi connectivity index (χ2v) is 6.24. The highest BCUT2D eigenvalue weighted by molar-refractivity contribution is 5.57. The molecule has 0 radical (unpaired) electrons. The Morgan fingerprint density at radius 2 is 1.90 bits per heavy atom. The van der Waals surface area contributed by atoms with Crippen LogP contribution < -0.4 is 11.1 Å². The van der Waals surface area contributed by atoms with E-state index in [9.17, 15) is 0 Å². The molecule has 3 heteroatoms. The van der Waals surface area contributed by atoms with Gasteiger partial charge in [-0.3, -0.25) is 0 Å². The lowest BCUT2D eigenvalue weighted by Crippen LogP contribution is -2.44. The summed E-state index contributed by atoms with van der Waals surface area (Å²) in [5.74, 6) is 0. The number of anilines is 2. The molecule has 0 aliphatic carbocycles. The Hall–Kier alpha value is -1.22. The molecule has 1 rings (SSSR count). The van der Waals surface area contributed by atoms with Gasteiger partial charge >= 0.3 is 0 Å². The Labute approximate surface area is 124 Å². The molecule has 0 amide bonds. The van der Waals surface area contributed by atoms with Crippen LogP contribution >= 0.6 is 0 Å². The minimum atomic E-state index is 0.500. The molecule has 0 heterocycles. The molecule has 114 valence electrons. The zero-order chi connectivity index (χ0) is 15.2.